The molecule has 0 amide bonds. The summed E-state index contributed by atoms with van der Waals surface area (Å²) in [5.41, 5.74) is 2.38. The summed E-state index contributed by atoms with van der Waals surface area (Å²) in [6.07, 6.45) is 2.44. The first-order chi connectivity index (χ1) is 14.6. The average molecular weight is 405 g/mol. The van der Waals surface area contributed by atoms with Crippen LogP contribution < -0.4 is 9.64 Å². The van der Waals surface area contributed by atoms with E-state index in [0.717, 1.165) is 30.6 Å². The molecule has 1 atom stereocenters. The third kappa shape index (κ3) is 4.46. The highest BCUT2D eigenvalue weighted by atomic mass is 19.1. The van der Waals surface area contributed by atoms with Crippen LogP contribution in [0.4, 0.5) is 10.1 Å². The van der Waals surface area contributed by atoms with Crippen LogP contribution in [0.2, 0.25) is 0 Å². The molecule has 0 aromatic heterocycles. The highest BCUT2D eigenvalue weighted by molar-refractivity contribution is 5.71. The Morgan fingerprint density at radius 1 is 1.03 bits per heavy atom. The number of anilines is 1. The second-order valence-electron chi connectivity index (χ2n) is 7.37. The molecule has 1 aliphatic heterocycles. The number of halogens is 1. The van der Waals surface area contributed by atoms with E-state index in [-0.39, 0.29) is 17.8 Å². The van der Waals surface area contributed by atoms with Crippen molar-refractivity contribution in [1.82, 2.24) is 0 Å². The van der Waals surface area contributed by atoms with Crippen molar-refractivity contribution in [3.05, 3.63) is 78.6 Å². The average Bonchev–Trinajstić information content (AvgIpc) is 3.23. The number of esters is 1. The summed E-state index contributed by atoms with van der Waals surface area (Å²) in [5, 5.41) is 0. The maximum Gasteiger partial charge on any atom is 0.307 e. The molecule has 4 nitrogen and oxygen atoms in total. The molecule has 154 valence electrons. The summed E-state index contributed by atoms with van der Waals surface area (Å²) < 4.78 is 24.9. The molecule has 0 aliphatic carbocycles. The molecule has 1 saturated heterocycles. The topological polar surface area (TPSA) is 38.8 Å². The number of hydrogen-bond donors (Lipinski definition) is 0. The number of rotatable bonds is 6. The highest BCUT2D eigenvalue weighted by Crippen LogP contribution is 2.32. The quantitative estimate of drug-likeness (QED) is 0.485. The lowest BCUT2D eigenvalue weighted by Crippen LogP contribution is -2.31. The molecule has 1 heterocycles. The van der Waals surface area contributed by atoms with Crippen molar-refractivity contribution in [1.29, 1.82) is 0 Å². The Labute approximate surface area is 175 Å². The molecular formula is C25H24FNO3. The fourth-order valence-electron chi connectivity index (χ4n) is 3.93. The normalized spacial score (nSPS) is 15.8. The van der Waals surface area contributed by atoms with E-state index in [9.17, 15) is 9.18 Å². The minimum absolute atomic E-state index is 0.168. The van der Waals surface area contributed by atoms with Crippen molar-refractivity contribution in [2.45, 2.75) is 25.3 Å². The lowest BCUT2D eigenvalue weighted by atomic mass is 10.1. The molecule has 0 N–H and O–H groups in total. The van der Waals surface area contributed by atoms with Gasteiger partial charge in [-0.25, -0.2) is 4.39 Å². The molecule has 4 rings (SSSR count). The van der Waals surface area contributed by atoms with E-state index in [4.69, 9.17) is 9.47 Å². The largest absolute Gasteiger partial charge is 0.469 e. The Bertz CT molecular complexity index is 1020. The molecule has 0 saturated carbocycles. The third-order valence-electron chi connectivity index (χ3n) is 5.43. The van der Waals surface area contributed by atoms with E-state index in [1.54, 1.807) is 12.1 Å². The van der Waals surface area contributed by atoms with Gasteiger partial charge in [-0.1, -0.05) is 30.3 Å². The van der Waals surface area contributed by atoms with Gasteiger partial charge in [0, 0.05) is 23.8 Å². The van der Waals surface area contributed by atoms with Gasteiger partial charge in [0.1, 0.15) is 17.3 Å². The van der Waals surface area contributed by atoms with E-state index in [2.05, 4.69) is 4.90 Å². The van der Waals surface area contributed by atoms with Crippen LogP contribution in [-0.2, 0) is 9.53 Å². The number of nitrogens with zero attached hydrogens (tertiary/aromatic N) is 1. The first kappa shape index (κ1) is 20.0. The van der Waals surface area contributed by atoms with E-state index in [1.807, 2.05) is 54.6 Å². The Morgan fingerprint density at radius 3 is 2.60 bits per heavy atom. The summed E-state index contributed by atoms with van der Waals surface area (Å²) in [6, 6.07) is 22.1. The van der Waals surface area contributed by atoms with Gasteiger partial charge in [-0.3, -0.25) is 4.79 Å². The fraction of sp³-hybridized carbons (Fsp3) is 0.240. The van der Waals surface area contributed by atoms with Gasteiger partial charge in [-0.05, 0) is 60.9 Å². The number of hydrogen-bond acceptors (Lipinski definition) is 4. The molecule has 3 aromatic rings. The van der Waals surface area contributed by atoms with E-state index < -0.39 is 0 Å². The van der Waals surface area contributed by atoms with Gasteiger partial charge in [0.15, 0.2) is 0 Å². The molecule has 0 unspecified atom stereocenters. The number of benzene rings is 3. The van der Waals surface area contributed by atoms with Gasteiger partial charge in [-0.15, -0.1) is 0 Å². The smallest absolute Gasteiger partial charge is 0.307 e. The Morgan fingerprint density at radius 2 is 1.83 bits per heavy atom. The van der Waals surface area contributed by atoms with Crippen LogP contribution in [0.1, 0.15) is 19.3 Å². The van der Waals surface area contributed by atoms with Gasteiger partial charge in [-0.2, -0.15) is 0 Å². The van der Waals surface area contributed by atoms with Crippen LogP contribution in [0.3, 0.4) is 0 Å². The van der Waals surface area contributed by atoms with Crippen LogP contribution >= 0.6 is 0 Å². The van der Waals surface area contributed by atoms with Crippen LogP contribution in [0.15, 0.2) is 72.8 Å². The number of carbonyl (C=O) groups excluding carboxylic acids is 1. The number of ether oxygens (including phenoxy) is 2. The minimum atomic E-state index is -0.258. The molecular weight excluding hydrogens is 381 g/mol. The van der Waals surface area contributed by atoms with Crippen molar-refractivity contribution < 1.29 is 18.7 Å². The predicted octanol–water partition coefficient (Wildman–Crippen LogP) is 5.82. The zero-order valence-corrected chi connectivity index (χ0v) is 16.9. The molecule has 0 bridgehead atoms. The molecule has 30 heavy (non-hydrogen) atoms. The zero-order valence-electron chi connectivity index (χ0n) is 16.9. The summed E-state index contributed by atoms with van der Waals surface area (Å²) in [6.45, 7) is 0.923. The van der Waals surface area contributed by atoms with Crippen molar-refractivity contribution in [3.8, 4) is 22.6 Å². The van der Waals surface area contributed by atoms with Gasteiger partial charge < -0.3 is 14.4 Å². The van der Waals surface area contributed by atoms with Gasteiger partial charge in [0.05, 0.1) is 13.5 Å². The highest BCUT2D eigenvalue weighted by Gasteiger charge is 2.27. The molecule has 5 heteroatoms. The maximum absolute atomic E-state index is 14.1. The van der Waals surface area contributed by atoms with Gasteiger partial charge >= 0.3 is 5.97 Å². The molecule has 3 aromatic carbocycles. The van der Waals surface area contributed by atoms with Crippen molar-refractivity contribution >= 4 is 11.7 Å². The Hall–Kier alpha value is -3.34. The van der Waals surface area contributed by atoms with E-state index >= 15 is 0 Å². The van der Waals surface area contributed by atoms with Crippen molar-refractivity contribution in [3.63, 3.8) is 0 Å². The summed E-state index contributed by atoms with van der Waals surface area (Å²) in [4.78, 5) is 13.9. The zero-order chi connectivity index (χ0) is 20.9. The SMILES string of the molecule is COC(=O)C[C@@H]1CCCN1c1ccc(Oc2cccc(-c3ccccc3F)c2)cc1. The van der Waals surface area contributed by atoms with E-state index in [0.29, 0.717) is 23.5 Å². The molecule has 0 spiro atoms. The lowest BCUT2D eigenvalue weighted by molar-refractivity contribution is -0.140. The number of methoxy groups -OCH3 is 1. The van der Waals surface area contributed by atoms with Gasteiger partial charge in [0.2, 0.25) is 0 Å². The molecule has 1 fully saturated rings. The van der Waals surface area contributed by atoms with E-state index in [1.165, 1.54) is 13.2 Å². The first-order valence-corrected chi connectivity index (χ1v) is 10.1. The van der Waals surface area contributed by atoms with Crippen molar-refractivity contribution in [2.24, 2.45) is 0 Å². The standard InChI is InChI=1S/C25H24FNO3/c1-29-25(28)17-20-7-5-15-27(20)19-11-13-21(14-12-19)30-22-8-4-6-18(16-22)23-9-2-3-10-24(23)26/h2-4,6,8-14,16,20H,5,7,15,17H2,1H3/t20-/m0/s1. The minimum Gasteiger partial charge on any atom is -0.469 e. The monoisotopic (exact) mass is 405 g/mol. The molecule has 1 aliphatic rings. The Kier molecular flexibility index (Phi) is 5.98. The predicted molar refractivity (Wildman–Crippen MR) is 115 cm³/mol. The second kappa shape index (κ2) is 8.99. The van der Waals surface area contributed by atoms with Crippen molar-refractivity contribution in [2.75, 3.05) is 18.6 Å². The van der Waals surface area contributed by atoms with Gasteiger partial charge in [0.25, 0.3) is 0 Å². The third-order valence-corrected chi connectivity index (χ3v) is 5.43. The first-order valence-electron chi connectivity index (χ1n) is 10.1. The summed E-state index contributed by atoms with van der Waals surface area (Å²) >= 11 is 0. The lowest BCUT2D eigenvalue weighted by Gasteiger charge is -2.26. The van der Waals surface area contributed by atoms with Crippen LogP contribution in [0.5, 0.6) is 11.5 Å². The summed E-state index contributed by atoms with van der Waals surface area (Å²) in [5.74, 6) is 0.911. The molecule has 0 radical (unpaired) electrons. The van der Waals surface area contributed by atoms with Crippen LogP contribution in [-0.4, -0.2) is 25.7 Å². The Balaban J connectivity index is 1.47. The second-order valence-corrected chi connectivity index (χ2v) is 7.37. The van der Waals surface area contributed by atoms with Crippen LogP contribution in [0.25, 0.3) is 11.1 Å². The maximum atomic E-state index is 14.1. The number of carbonyl (C=O) groups is 1. The summed E-state index contributed by atoms with van der Waals surface area (Å²) in [7, 11) is 1.43. The fourth-order valence-corrected chi connectivity index (χ4v) is 3.93. The van der Waals surface area contributed by atoms with Crippen LogP contribution in [0, 0.1) is 5.82 Å².